The number of rotatable bonds is 16. The van der Waals surface area contributed by atoms with Gasteiger partial charge in [0.2, 0.25) is 0 Å². The lowest BCUT2D eigenvalue weighted by Crippen LogP contribution is -2.34. The van der Waals surface area contributed by atoms with Gasteiger partial charge in [-0.1, -0.05) is 125 Å². The molecule has 3 rings (SSSR count). The van der Waals surface area contributed by atoms with Crippen molar-refractivity contribution in [2.24, 2.45) is 5.92 Å². The molecule has 1 unspecified atom stereocenters. The lowest BCUT2D eigenvalue weighted by Gasteiger charge is -2.22. The van der Waals surface area contributed by atoms with Gasteiger partial charge in [-0.3, -0.25) is 4.79 Å². The molecular formula is C29H41N3O2. The molecule has 0 bridgehead atoms. The number of nitrogens with zero attached hydrogens (tertiary/aromatic N) is 3. The van der Waals surface area contributed by atoms with Gasteiger partial charge in [-0.2, -0.15) is 4.68 Å². The number of benzene rings is 2. The summed E-state index contributed by atoms with van der Waals surface area (Å²) in [7, 11) is 0. The molecule has 0 saturated carbocycles. The predicted octanol–water partition coefficient (Wildman–Crippen LogP) is 6.99. The van der Waals surface area contributed by atoms with Crippen molar-refractivity contribution in [3.05, 3.63) is 60.2 Å². The Labute approximate surface area is 204 Å². The second-order valence-electron chi connectivity index (χ2n) is 9.52. The molecule has 0 spiro atoms. The molecule has 2 atom stereocenters. The van der Waals surface area contributed by atoms with Crippen LogP contribution in [0.25, 0.3) is 11.0 Å². The second kappa shape index (κ2) is 14.7. The van der Waals surface area contributed by atoms with E-state index < -0.39 is 12.0 Å². The molecular weight excluding hydrogens is 422 g/mol. The quantitative estimate of drug-likeness (QED) is 0.232. The number of unbranched alkanes of at least 4 members (excludes halogenated alkanes) is 10. The number of hydrogen-bond acceptors (Lipinski definition) is 4. The molecule has 0 radical (unpaired) electrons. The number of fused-ring (bicyclic) bond motifs is 1. The van der Waals surface area contributed by atoms with Gasteiger partial charge in [0.1, 0.15) is 5.52 Å². The van der Waals surface area contributed by atoms with Crippen molar-refractivity contribution in [1.82, 2.24) is 15.0 Å². The van der Waals surface area contributed by atoms with E-state index >= 15 is 0 Å². The summed E-state index contributed by atoms with van der Waals surface area (Å²) in [6, 6.07) is 17.4. The van der Waals surface area contributed by atoms with Gasteiger partial charge >= 0.3 is 0 Å². The van der Waals surface area contributed by atoms with Crippen LogP contribution < -0.4 is 0 Å². The minimum Gasteiger partial charge on any atom is -0.392 e. The smallest absolute Gasteiger partial charge is 0.254 e. The van der Waals surface area contributed by atoms with Crippen LogP contribution in [0.15, 0.2) is 54.6 Å². The van der Waals surface area contributed by atoms with Crippen LogP contribution in [0.3, 0.4) is 0 Å². The van der Waals surface area contributed by atoms with Crippen LogP contribution in [0.1, 0.15) is 94.3 Å². The Morgan fingerprint density at radius 2 is 1.41 bits per heavy atom. The largest absolute Gasteiger partial charge is 0.392 e. The van der Waals surface area contributed by atoms with E-state index in [1.54, 1.807) is 0 Å². The van der Waals surface area contributed by atoms with Gasteiger partial charge < -0.3 is 5.11 Å². The summed E-state index contributed by atoms with van der Waals surface area (Å²) in [6.45, 7) is 2.26. The second-order valence-corrected chi connectivity index (χ2v) is 9.52. The zero-order chi connectivity index (χ0) is 24.0. The Bertz CT molecular complexity index is 970. The SMILES string of the molecule is CCCCCCCCCCCCC[C@H](O)C(Cc1ccccc1)C(=O)n1nnc2ccccc21. The molecule has 0 aliphatic heterocycles. The van der Waals surface area contributed by atoms with Crippen LogP contribution in [0.2, 0.25) is 0 Å². The van der Waals surface area contributed by atoms with Crippen LogP contribution in [0.4, 0.5) is 0 Å². The molecule has 0 aliphatic carbocycles. The molecule has 5 heteroatoms. The van der Waals surface area contributed by atoms with Crippen LogP contribution in [-0.2, 0) is 6.42 Å². The van der Waals surface area contributed by atoms with E-state index in [1.165, 1.54) is 62.5 Å². The van der Waals surface area contributed by atoms with Crippen molar-refractivity contribution in [1.29, 1.82) is 0 Å². The van der Waals surface area contributed by atoms with E-state index in [0.717, 1.165) is 18.4 Å². The zero-order valence-electron chi connectivity index (χ0n) is 20.7. The van der Waals surface area contributed by atoms with Crippen molar-refractivity contribution in [2.45, 2.75) is 96.5 Å². The first-order valence-corrected chi connectivity index (χ1v) is 13.3. The van der Waals surface area contributed by atoms with Gasteiger partial charge in [0.15, 0.2) is 0 Å². The Hall–Kier alpha value is -2.53. The fourth-order valence-electron chi connectivity index (χ4n) is 4.66. The van der Waals surface area contributed by atoms with Crippen LogP contribution in [-0.4, -0.2) is 32.1 Å². The first-order valence-electron chi connectivity index (χ1n) is 13.3. The molecule has 34 heavy (non-hydrogen) atoms. The van der Waals surface area contributed by atoms with Gasteiger partial charge in [0.25, 0.3) is 5.91 Å². The van der Waals surface area contributed by atoms with Crippen molar-refractivity contribution >= 4 is 16.9 Å². The van der Waals surface area contributed by atoms with E-state index in [4.69, 9.17) is 0 Å². The number of aliphatic hydroxyl groups excluding tert-OH is 1. The van der Waals surface area contributed by atoms with Crippen molar-refractivity contribution in [3.63, 3.8) is 0 Å². The summed E-state index contributed by atoms with van der Waals surface area (Å²) in [5, 5.41) is 19.3. The Morgan fingerprint density at radius 1 is 0.824 bits per heavy atom. The average Bonchev–Trinajstić information content (AvgIpc) is 3.30. The molecule has 5 nitrogen and oxygen atoms in total. The Morgan fingerprint density at radius 3 is 2.09 bits per heavy atom. The zero-order valence-corrected chi connectivity index (χ0v) is 20.7. The highest BCUT2D eigenvalue weighted by Gasteiger charge is 2.29. The summed E-state index contributed by atoms with van der Waals surface area (Å²) in [5.41, 5.74) is 2.42. The summed E-state index contributed by atoms with van der Waals surface area (Å²) < 4.78 is 1.37. The fraction of sp³-hybridized carbons (Fsp3) is 0.552. The van der Waals surface area contributed by atoms with Gasteiger partial charge in [-0.25, -0.2) is 0 Å². The van der Waals surface area contributed by atoms with E-state index in [9.17, 15) is 9.90 Å². The van der Waals surface area contributed by atoms with Crippen LogP contribution >= 0.6 is 0 Å². The molecule has 1 aromatic heterocycles. The topological polar surface area (TPSA) is 68.0 Å². The molecule has 0 saturated heterocycles. The highest BCUT2D eigenvalue weighted by atomic mass is 16.3. The molecule has 1 heterocycles. The van der Waals surface area contributed by atoms with Gasteiger partial charge in [0.05, 0.1) is 17.5 Å². The number of aliphatic hydroxyl groups is 1. The molecule has 0 aliphatic rings. The maximum Gasteiger partial charge on any atom is 0.254 e. The van der Waals surface area contributed by atoms with E-state index in [2.05, 4.69) is 17.2 Å². The molecule has 1 N–H and O–H groups in total. The third kappa shape index (κ3) is 8.05. The van der Waals surface area contributed by atoms with E-state index in [1.807, 2.05) is 54.6 Å². The molecule has 3 aromatic rings. The monoisotopic (exact) mass is 463 g/mol. The number of hydrogen-bond donors (Lipinski definition) is 1. The van der Waals surface area contributed by atoms with Crippen molar-refractivity contribution < 1.29 is 9.90 Å². The summed E-state index contributed by atoms with van der Waals surface area (Å²) in [6.07, 6.45) is 14.4. The summed E-state index contributed by atoms with van der Waals surface area (Å²) in [4.78, 5) is 13.5. The maximum absolute atomic E-state index is 13.5. The minimum atomic E-state index is -0.700. The summed E-state index contributed by atoms with van der Waals surface area (Å²) >= 11 is 0. The standard InChI is InChI=1S/C29H41N3O2/c1-2-3-4-5-6-7-8-9-10-11-15-22-28(33)25(23-24-18-13-12-14-19-24)29(34)32-27-21-17-16-20-26(27)30-31-32/h12-14,16-21,25,28,33H,2-11,15,22-23H2,1H3/t25?,28-/m0/s1. The average molecular weight is 464 g/mol. The van der Waals surface area contributed by atoms with Crippen molar-refractivity contribution in [2.75, 3.05) is 0 Å². The lowest BCUT2D eigenvalue weighted by atomic mass is 9.90. The normalized spacial score (nSPS) is 13.2. The Balaban J connectivity index is 1.50. The number of carbonyl (C=O) groups is 1. The fourth-order valence-corrected chi connectivity index (χ4v) is 4.66. The first-order chi connectivity index (χ1) is 16.7. The lowest BCUT2D eigenvalue weighted by molar-refractivity contribution is 0.0550. The minimum absolute atomic E-state index is 0.187. The first kappa shape index (κ1) is 26.1. The van der Waals surface area contributed by atoms with Crippen LogP contribution in [0, 0.1) is 5.92 Å². The predicted molar refractivity (Wildman–Crippen MR) is 139 cm³/mol. The number of para-hydroxylation sites is 1. The van der Waals surface area contributed by atoms with Crippen LogP contribution in [0.5, 0.6) is 0 Å². The number of aromatic nitrogens is 3. The van der Waals surface area contributed by atoms with E-state index in [-0.39, 0.29) is 5.91 Å². The number of carbonyl (C=O) groups excluding carboxylic acids is 1. The maximum atomic E-state index is 13.5. The highest BCUT2D eigenvalue weighted by Crippen LogP contribution is 2.22. The Kier molecular flexibility index (Phi) is 11.3. The highest BCUT2D eigenvalue weighted by molar-refractivity contribution is 5.90. The van der Waals surface area contributed by atoms with Gasteiger partial charge in [0, 0.05) is 0 Å². The third-order valence-electron chi connectivity index (χ3n) is 6.74. The third-order valence-corrected chi connectivity index (χ3v) is 6.74. The van der Waals surface area contributed by atoms with Crippen molar-refractivity contribution in [3.8, 4) is 0 Å². The molecule has 0 amide bonds. The molecule has 0 fully saturated rings. The van der Waals surface area contributed by atoms with Gasteiger partial charge in [-0.05, 0) is 30.5 Å². The summed E-state index contributed by atoms with van der Waals surface area (Å²) in [5.74, 6) is -0.733. The molecule has 2 aromatic carbocycles. The van der Waals surface area contributed by atoms with Gasteiger partial charge in [-0.15, -0.1) is 5.10 Å². The van der Waals surface area contributed by atoms with E-state index in [0.29, 0.717) is 23.9 Å². The molecule has 184 valence electrons.